The van der Waals surface area contributed by atoms with Gasteiger partial charge in [0.1, 0.15) is 0 Å². The van der Waals surface area contributed by atoms with Crippen molar-refractivity contribution >= 4 is 12.0 Å². The maximum absolute atomic E-state index is 10.9. The average Bonchev–Trinajstić information content (AvgIpc) is 2.03. The van der Waals surface area contributed by atoms with Gasteiger partial charge < -0.3 is 10.1 Å². The second-order valence-electron chi connectivity index (χ2n) is 2.01. The van der Waals surface area contributed by atoms with Gasteiger partial charge >= 0.3 is 5.97 Å². The van der Waals surface area contributed by atoms with Crippen LogP contribution in [0.2, 0.25) is 0 Å². The molecule has 0 amide bonds. The van der Waals surface area contributed by atoms with E-state index in [1.54, 1.807) is 0 Å². The van der Waals surface area contributed by atoms with E-state index in [0.29, 0.717) is 0 Å². The highest BCUT2D eigenvalue weighted by Crippen LogP contribution is 1.89. The van der Waals surface area contributed by atoms with E-state index in [2.05, 4.69) is 9.97 Å². The number of carboxylic acid groups (broad SMARTS) is 1. The molecule has 0 bridgehead atoms. The van der Waals surface area contributed by atoms with Gasteiger partial charge in [-0.05, 0) is 6.08 Å². The summed E-state index contributed by atoms with van der Waals surface area (Å²) < 4.78 is 0. The Kier molecular flexibility index (Phi) is 2.37. The van der Waals surface area contributed by atoms with Crippen molar-refractivity contribution in [3.05, 3.63) is 34.5 Å². The van der Waals surface area contributed by atoms with Crippen molar-refractivity contribution < 1.29 is 9.90 Å². The Morgan fingerprint density at radius 3 is 3.00 bits per heavy atom. The first-order chi connectivity index (χ1) is 5.70. The summed E-state index contributed by atoms with van der Waals surface area (Å²) in [6, 6.07) is 0. The number of H-pyrrole nitrogens is 1. The molecule has 0 aliphatic rings. The van der Waals surface area contributed by atoms with Crippen molar-refractivity contribution in [3.63, 3.8) is 0 Å². The lowest BCUT2D eigenvalue weighted by Gasteiger charge is -1.87. The summed E-state index contributed by atoms with van der Waals surface area (Å²) in [5.74, 6) is -1.10. The third kappa shape index (κ3) is 2.05. The quantitative estimate of drug-likeness (QED) is 0.599. The number of hydrogen-bond acceptors (Lipinski definition) is 3. The molecule has 0 aliphatic carbocycles. The highest BCUT2D eigenvalue weighted by Gasteiger charge is 1.93. The molecule has 1 heterocycles. The van der Waals surface area contributed by atoms with E-state index in [0.717, 1.165) is 6.08 Å². The maximum Gasteiger partial charge on any atom is 0.328 e. The van der Waals surface area contributed by atoms with E-state index < -0.39 is 5.97 Å². The summed E-state index contributed by atoms with van der Waals surface area (Å²) in [5.41, 5.74) is -0.137. The summed E-state index contributed by atoms with van der Waals surface area (Å²) in [6.45, 7) is 0. The van der Waals surface area contributed by atoms with Crippen molar-refractivity contribution in [3.8, 4) is 0 Å². The molecular formula is C7H6N2O3. The number of aromatic nitrogens is 2. The predicted octanol–water partition coefficient (Wildman–Crippen LogP) is -0.132. The molecule has 1 aromatic rings. The van der Waals surface area contributed by atoms with Gasteiger partial charge in [0.15, 0.2) is 0 Å². The van der Waals surface area contributed by atoms with Gasteiger partial charge in [-0.2, -0.15) is 0 Å². The van der Waals surface area contributed by atoms with Gasteiger partial charge in [0.2, 0.25) is 0 Å². The molecule has 5 heteroatoms. The molecule has 0 atom stereocenters. The molecule has 62 valence electrons. The molecule has 0 aliphatic heterocycles. The number of aliphatic carboxylic acids is 1. The second-order valence-corrected chi connectivity index (χ2v) is 2.01. The van der Waals surface area contributed by atoms with Crippen molar-refractivity contribution in [2.24, 2.45) is 0 Å². The molecule has 12 heavy (non-hydrogen) atoms. The van der Waals surface area contributed by atoms with Gasteiger partial charge in [0.05, 0.1) is 11.9 Å². The van der Waals surface area contributed by atoms with Gasteiger partial charge in [-0.25, -0.2) is 9.78 Å². The molecule has 1 aromatic heterocycles. The number of aromatic amines is 1. The Bertz CT molecular complexity index is 367. The van der Waals surface area contributed by atoms with Crippen LogP contribution in [0, 0.1) is 0 Å². The third-order valence-corrected chi connectivity index (χ3v) is 1.15. The van der Waals surface area contributed by atoms with E-state index in [1.165, 1.54) is 18.6 Å². The van der Waals surface area contributed by atoms with Crippen LogP contribution in [0.25, 0.3) is 6.08 Å². The number of nitrogens with zero attached hydrogens (tertiary/aromatic N) is 1. The molecule has 0 unspecified atom stereocenters. The Balaban J connectivity index is 2.97. The number of carboxylic acids is 1. The molecule has 5 nitrogen and oxygen atoms in total. The zero-order valence-electron chi connectivity index (χ0n) is 6.02. The van der Waals surface area contributed by atoms with E-state index in [9.17, 15) is 9.59 Å². The highest BCUT2D eigenvalue weighted by atomic mass is 16.4. The van der Waals surface area contributed by atoms with Crippen LogP contribution in [0.5, 0.6) is 0 Å². The van der Waals surface area contributed by atoms with Crippen LogP contribution in [0.1, 0.15) is 5.56 Å². The van der Waals surface area contributed by atoms with Crippen LogP contribution in [-0.2, 0) is 4.79 Å². The lowest BCUT2D eigenvalue weighted by atomic mass is 10.3. The topological polar surface area (TPSA) is 83.0 Å². The molecule has 0 radical (unpaired) electrons. The average molecular weight is 166 g/mol. The first-order valence-electron chi connectivity index (χ1n) is 3.14. The summed E-state index contributed by atoms with van der Waals surface area (Å²) in [7, 11) is 0. The third-order valence-electron chi connectivity index (χ3n) is 1.15. The first kappa shape index (κ1) is 8.19. The minimum absolute atomic E-state index is 0.222. The van der Waals surface area contributed by atoms with Gasteiger partial charge in [-0.1, -0.05) is 0 Å². The van der Waals surface area contributed by atoms with E-state index in [1.807, 2.05) is 0 Å². The number of carbonyl (C=O) groups is 1. The number of rotatable bonds is 2. The molecular weight excluding hydrogens is 160 g/mol. The Hall–Kier alpha value is -1.91. The van der Waals surface area contributed by atoms with Crippen LogP contribution < -0.4 is 5.56 Å². The summed E-state index contributed by atoms with van der Waals surface area (Å²) >= 11 is 0. The fraction of sp³-hybridized carbons (Fsp3) is 0. The Labute approximate surface area is 67.4 Å². The summed E-state index contributed by atoms with van der Waals surface area (Å²) in [4.78, 5) is 26.9. The molecule has 0 aromatic carbocycles. The number of nitrogens with one attached hydrogen (secondary N) is 1. The minimum atomic E-state index is -1.10. The maximum atomic E-state index is 10.9. The molecule has 0 saturated carbocycles. The molecule has 0 saturated heterocycles. The molecule has 2 N–H and O–H groups in total. The van der Waals surface area contributed by atoms with Crippen molar-refractivity contribution in [1.29, 1.82) is 0 Å². The monoisotopic (exact) mass is 166 g/mol. The van der Waals surface area contributed by atoms with E-state index >= 15 is 0 Å². The smallest absolute Gasteiger partial charge is 0.328 e. The zero-order valence-corrected chi connectivity index (χ0v) is 6.02. The van der Waals surface area contributed by atoms with Gasteiger partial charge in [-0.3, -0.25) is 4.79 Å². The first-order valence-corrected chi connectivity index (χ1v) is 3.14. The van der Waals surface area contributed by atoms with Crippen LogP contribution in [0.3, 0.4) is 0 Å². The number of hydrogen-bond donors (Lipinski definition) is 2. The fourth-order valence-corrected chi connectivity index (χ4v) is 0.635. The normalized spacial score (nSPS) is 10.3. The van der Waals surface area contributed by atoms with Crippen LogP contribution >= 0.6 is 0 Å². The standard InChI is InChI=1S/C7H6N2O3/c10-6(11)2-1-5-3-8-4-9-7(5)12/h1-4H,(H,10,11)(H,8,9,12)/b2-1-. The second kappa shape index (κ2) is 3.47. The molecule has 1 rings (SSSR count). The molecule has 0 spiro atoms. The minimum Gasteiger partial charge on any atom is -0.478 e. The SMILES string of the molecule is O=C(O)/C=C\c1cnc[nH]c1=O. The van der Waals surface area contributed by atoms with Crippen LogP contribution in [0.15, 0.2) is 23.4 Å². The molecule has 0 fully saturated rings. The van der Waals surface area contributed by atoms with Gasteiger partial charge in [0, 0.05) is 12.3 Å². The van der Waals surface area contributed by atoms with Crippen LogP contribution in [0.4, 0.5) is 0 Å². The highest BCUT2D eigenvalue weighted by molar-refractivity contribution is 5.85. The largest absolute Gasteiger partial charge is 0.478 e. The Morgan fingerprint density at radius 1 is 1.67 bits per heavy atom. The van der Waals surface area contributed by atoms with Crippen molar-refractivity contribution in [1.82, 2.24) is 9.97 Å². The van der Waals surface area contributed by atoms with Crippen molar-refractivity contribution in [2.45, 2.75) is 0 Å². The Morgan fingerprint density at radius 2 is 2.42 bits per heavy atom. The summed E-state index contributed by atoms with van der Waals surface area (Å²) in [6.07, 6.45) is 4.60. The van der Waals surface area contributed by atoms with E-state index in [-0.39, 0.29) is 11.1 Å². The lowest BCUT2D eigenvalue weighted by molar-refractivity contribution is -0.131. The van der Waals surface area contributed by atoms with Crippen LogP contribution in [-0.4, -0.2) is 21.0 Å². The van der Waals surface area contributed by atoms with E-state index in [4.69, 9.17) is 5.11 Å². The lowest BCUT2D eigenvalue weighted by Crippen LogP contribution is -2.08. The predicted molar refractivity (Wildman–Crippen MR) is 41.5 cm³/mol. The van der Waals surface area contributed by atoms with Gasteiger partial charge in [-0.15, -0.1) is 0 Å². The fourth-order valence-electron chi connectivity index (χ4n) is 0.635. The zero-order chi connectivity index (χ0) is 8.97. The van der Waals surface area contributed by atoms with Crippen molar-refractivity contribution in [2.75, 3.05) is 0 Å². The summed E-state index contributed by atoms with van der Waals surface area (Å²) in [5, 5.41) is 8.25. The van der Waals surface area contributed by atoms with Gasteiger partial charge in [0.25, 0.3) is 5.56 Å².